The third-order valence-corrected chi connectivity index (χ3v) is 2.75. The highest BCUT2D eigenvalue weighted by atomic mass is 31.0. The zero-order valence-corrected chi connectivity index (χ0v) is 6.78. The molecule has 0 saturated heterocycles. The van der Waals surface area contributed by atoms with E-state index in [1.807, 2.05) is 0 Å². The maximum Gasteiger partial charge on any atom is -0.0180 e. The molecule has 0 N–H and O–H groups in total. The monoisotopic (exact) mass is 138 g/mol. The van der Waals surface area contributed by atoms with Crippen molar-refractivity contribution in [2.24, 2.45) is 0 Å². The van der Waals surface area contributed by atoms with Crippen LogP contribution in [0.25, 0.3) is 0 Å². The lowest BCUT2D eigenvalue weighted by Gasteiger charge is -1.97. The van der Waals surface area contributed by atoms with Gasteiger partial charge in [0.05, 0.1) is 0 Å². The van der Waals surface area contributed by atoms with Crippen molar-refractivity contribution in [1.82, 2.24) is 0 Å². The molecule has 1 heterocycles. The second-order valence-electron chi connectivity index (χ2n) is 2.12. The molecule has 0 fully saturated rings. The number of rotatable bonds is 1. The van der Waals surface area contributed by atoms with Gasteiger partial charge in [-0.1, -0.05) is 27.2 Å². The number of hydrogen-bond donors (Lipinski definition) is 0. The van der Waals surface area contributed by atoms with Gasteiger partial charge >= 0.3 is 0 Å². The summed E-state index contributed by atoms with van der Waals surface area (Å²) in [7, 11) is 1.39. The molecule has 0 radical (unpaired) electrons. The number of aryl methyl sites for hydroxylation is 2. The van der Waals surface area contributed by atoms with Crippen LogP contribution in [0.1, 0.15) is 17.8 Å². The number of hydrogen-bond acceptors (Lipinski definition) is 0. The van der Waals surface area contributed by atoms with E-state index >= 15 is 0 Å². The first-order chi connectivity index (χ1) is 4.34. The van der Waals surface area contributed by atoms with E-state index in [-0.39, 0.29) is 0 Å². The highest BCUT2D eigenvalue weighted by molar-refractivity contribution is 7.30. The summed E-state index contributed by atoms with van der Waals surface area (Å²) in [6.07, 6.45) is 1.19. The molecule has 0 aliphatic rings. The molecule has 0 spiro atoms. The average Bonchev–Trinajstić information content (AvgIpc) is 1.89. The van der Waals surface area contributed by atoms with Gasteiger partial charge in [-0.3, -0.25) is 0 Å². The first kappa shape index (κ1) is 6.77. The molecular weight excluding hydrogens is 127 g/mol. The van der Waals surface area contributed by atoms with Crippen molar-refractivity contribution >= 4 is 8.19 Å². The summed E-state index contributed by atoms with van der Waals surface area (Å²) in [6.45, 7) is 4.38. The Hall–Kier alpha value is -0.350. The molecule has 0 aromatic carbocycles. The molecule has 0 atom stereocenters. The van der Waals surface area contributed by atoms with Crippen LogP contribution in [0, 0.1) is 6.92 Å². The van der Waals surface area contributed by atoms with Gasteiger partial charge in [-0.05, 0) is 30.0 Å². The third kappa shape index (κ3) is 1.53. The quantitative estimate of drug-likeness (QED) is 0.559. The largest absolute Gasteiger partial charge is 0.0727 e. The minimum atomic E-state index is 1.19. The minimum Gasteiger partial charge on any atom is -0.0727 e. The smallest absolute Gasteiger partial charge is 0.0180 e. The van der Waals surface area contributed by atoms with Gasteiger partial charge in [-0.15, -0.1) is 0 Å². The van der Waals surface area contributed by atoms with E-state index in [4.69, 9.17) is 0 Å². The fourth-order valence-corrected chi connectivity index (χ4v) is 1.70. The Balaban J connectivity index is 3.01. The van der Waals surface area contributed by atoms with Crippen LogP contribution in [0.3, 0.4) is 0 Å². The van der Waals surface area contributed by atoms with Crippen LogP contribution in [0.2, 0.25) is 0 Å². The molecule has 48 valence electrons. The highest BCUT2D eigenvalue weighted by Crippen LogP contribution is 2.17. The molecule has 1 aromatic heterocycles. The molecular formula is C8H11P. The summed E-state index contributed by atoms with van der Waals surface area (Å²) in [6, 6.07) is 4.30. The Bertz CT molecular complexity index is 194. The fourth-order valence-electron chi connectivity index (χ4n) is 0.889. The van der Waals surface area contributed by atoms with Crippen molar-refractivity contribution in [3.8, 4) is 0 Å². The lowest BCUT2D eigenvalue weighted by Crippen LogP contribution is -1.78. The molecule has 0 aliphatic carbocycles. The van der Waals surface area contributed by atoms with E-state index in [1.54, 1.807) is 5.30 Å². The van der Waals surface area contributed by atoms with Crippen molar-refractivity contribution in [1.29, 1.82) is 0 Å². The van der Waals surface area contributed by atoms with E-state index in [9.17, 15) is 0 Å². The second-order valence-corrected chi connectivity index (χ2v) is 3.22. The van der Waals surface area contributed by atoms with Crippen LogP contribution in [0.4, 0.5) is 0 Å². The van der Waals surface area contributed by atoms with E-state index in [2.05, 4.69) is 31.8 Å². The van der Waals surface area contributed by atoms with E-state index in [1.165, 1.54) is 20.2 Å². The third-order valence-electron chi connectivity index (χ3n) is 1.45. The van der Waals surface area contributed by atoms with Gasteiger partial charge < -0.3 is 0 Å². The maximum absolute atomic E-state index is 2.21. The summed E-state index contributed by atoms with van der Waals surface area (Å²) < 4.78 is 0. The molecule has 1 heteroatoms. The predicted octanol–water partition coefficient (Wildman–Crippen LogP) is 3.14. The fraction of sp³-hybridized carbons (Fsp3) is 0.375. The molecule has 1 aromatic rings. The first-order valence-electron chi connectivity index (χ1n) is 3.25. The minimum absolute atomic E-state index is 1.19. The average molecular weight is 138 g/mol. The first-order valence-corrected chi connectivity index (χ1v) is 4.21. The summed E-state index contributed by atoms with van der Waals surface area (Å²) in [5.74, 6) is 2.19. The van der Waals surface area contributed by atoms with E-state index in [0.29, 0.717) is 0 Å². The predicted molar refractivity (Wildman–Crippen MR) is 43.1 cm³/mol. The standard InChI is InChI=1S/C8H11P/c1-3-8-7(2)5-4-6-9-8/h4-6H,3H2,1-2H3. The second kappa shape index (κ2) is 2.98. The van der Waals surface area contributed by atoms with Gasteiger partial charge in [0.15, 0.2) is 0 Å². The normalized spacial score (nSPS) is 10.4. The van der Waals surface area contributed by atoms with Crippen LogP contribution in [-0.4, -0.2) is 0 Å². The van der Waals surface area contributed by atoms with Crippen LogP contribution < -0.4 is 0 Å². The molecule has 0 unspecified atom stereocenters. The highest BCUT2D eigenvalue weighted by Gasteiger charge is 1.90. The topological polar surface area (TPSA) is 0 Å². The van der Waals surface area contributed by atoms with Gasteiger partial charge in [0.2, 0.25) is 0 Å². The van der Waals surface area contributed by atoms with Crippen molar-refractivity contribution < 1.29 is 0 Å². The lowest BCUT2D eigenvalue weighted by molar-refractivity contribution is 1.15. The summed E-state index contributed by atoms with van der Waals surface area (Å²) in [4.78, 5) is 0. The van der Waals surface area contributed by atoms with Gasteiger partial charge in [0.1, 0.15) is 0 Å². The van der Waals surface area contributed by atoms with Crippen molar-refractivity contribution in [3.05, 3.63) is 28.8 Å². The lowest BCUT2D eigenvalue weighted by atomic mass is 10.2. The van der Waals surface area contributed by atoms with Gasteiger partial charge in [0, 0.05) is 0 Å². The Morgan fingerprint density at radius 3 is 2.78 bits per heavy atom. The summed E-state index contributed by atoms with van der Waals surface area (Å²) in [5, 5.41) is 1.55. The molecule has 1 rings (SSSR count). The molecule has 0 amide bonds. The van der Waals surface area contributed by atoms with E-state index in [0.717, 1.165) is 0 Å². The molecule has 0 bridgehead atoms. The molecule has 0 nitrogen and oxygen atoms in total. The Morgan fingerprint density at radius 1 is 1.56 bits per heavy atom. The molecule has 0 saturated carbocycles. The van der Waals surface area contributed by atoms with Crippen LogP contribution >= 0.6 is 8.19 Å². The zero-order chi connectivity index (χ0) is 6.69. The van der Waals surface area contributed by atoms with Gasteiger partial charge in [-0.2, -0.15) is 0 Å². The van der Waals surface area contributed by atoms with Crippen molar-refractivity contribution in [2.75, 3.05) is 0 Å². The van der Waals surface area contributed by atoms with E-state index < -0.39 is 0 Å². The van der Waals surface area contributed by atoms with Gasteiger partial charge in [-0.25, -0.2) is 0 Å². The van der Waals surface area contributed by atoms with Gasteiger partial charge in [0.25, 0.3) is 0 Å². The Kier molecular flexibility index (Phi) is 2.24. The van der Waals surface area contributed by atoms with Crippen molar-refractivity contribution in [2.45, 2.75) is 20.3 Å². The maximum atomic E-state index is 2.21. The van der Waals surface area contributed by atoms with Crippen LogP contribution in [-0.2, 0) is 6.42 Å². The Labute approximate surface area is 58.0 Å². The van der Waals surface area contributed by atoms with Crippen LogP contribution in [0.15, 0.2) is 17.9 Å². The SMILES string of the molecule is CCc1pcccc1C. The molecule has 0 aliphatic heterocycles. The summed E-state index contributed by atoms with van der Waals surface area (Å²) in [5.41, 5.74) is 1.45. The van der Waals surface area contributed by atoms with Crippen molar-refractivity contribution in [3.63, 3.8) is 0 Å². The zero-order valence-electron chi connectivity index (χ0n) is 5.89. The Morgan fingerprint density at radius 2 is 2.33 bits per heavy atom. The van der Waals surface area contributed by atoms with Crippen LogP contribution in [0.5, 0.6) is 0 Å². The molecule has 9 heavy (non-hydrogen) atoms. The summed E-state index contributed by atoms with van der Waals surface area (Å²) >= 11 is 0.